The van der Waals surface area contributed by atoms with Crippen molar-refractivity contribution in [1.82, 2.24) is 0 Å². The van der Waals surface area contributed by atoms with Gasteiger partial charge in [0.15, 0.2) is 6.29 Å². The van der Waals surface area contributed by atoms with E-state index >= 15 is 0 Å². The smallest absolute Gasteiger partial charge is 0.331 e. The summed E-state index contributed by atoms with van der Waals surface area (Å²) in [7, 11) is 1.50. The number of fused-ring (bicyclic) bond motifs is 2. The van der Waals surface area contributed by atoms with Gasteiger partial charge in [0.05, 0.1) is 12.2 Å². The lowest BCUT2D eigenvalue weighted by atomic mass is 9.44. The monoisotopic (exact) mass is 530 g/mol. The molecule has 7 rings (SSSR count). The van der Waals surface area contributed by atoms with Crippen molar-refractivity contribution >= 4 is 5.97 Å². The number of ether oxygens (including phenoxy) is 5. The van der Waals surface area contributed by atoms with Crippen LogP contribution in [0.5, 0.6) is 0 Å². The zero-order valence-electron chi connectivity index (χ0n) is 23.0. The van der Waals surface area contributed by atoms with E-state index < -0.39 is 30.7 Å². The van der Waals surface area contributed by atoms with Crippen molar-refractivity contribution in [1.29, 1.82) is 0 Å². The second-order valence-electron chi connectivity index (χ2n) is 13.5. The summed E-state index contributed by atoms with van der Waals surface area (Å²) >= 11 is 0. The minimum atomic E-state index is -1.02. The fourth-order valence-electron chi connectivity index (χ4n) is 10.0. The molecule has 0 amide bonds. The number of cyclic esters (lactones) is 1. The summed E-state index contributed by atoms with van der Waals surface area (Å²) in [6.07, 6.45) is 8.36. The Morgan fingerprint density at radius 3 is 2.63 bits per heavy atom. The average molecular weight is 531 g/mol. The quantitative estimate of drug-likeness (QED) is 0.324. The number of methoxy groups -OCH3 is 1. The second-order valence-corrected chi connectivity index (χ2v) is 13.5. The number of aliphatic hydroxyl groups is 2. The Labute approximate surface area is 224 Å². The van der Waals surface area contributed by atoms with Crippen LogP contribution in [0.3, 0.4) is 0 Å². The van der Waals surface area contributed by atoms with Crippen molar-refractivity contribution in [3.05, 3.63) is 23.3 Å². The summed E-state index contributed by atoms with van der Waals surface area (Å²) in [5.41, 5.74) is 2.20. The number of aliphatic hydroxyl groups excluding tert-OH is 2. The summed E-state index contributed by atoms with van der Waals surface area (Å²) in [5, 5.41) is 21.1. The third kappa shape index (κ3) is 3.16. The first kappa shape index (κ1) is 25.7. The van der Waals surface area contributed by atoms with Crippen LogP contribution in [0, 0.1) is 22.7 Å². The van der Waals surface area contributed by atoms with Crippen molar-refractivity contribution in [3.8, 4) is 0 Å². The van der Waals surface area contributed by atoms with E-state index in [4.69, 9.17) is 23.7 Å². The number of epoxide rings is 1. The zero-order valence-corrected chi connectivity index (χ0v) is 23.0. The predicted octanol–water partition coefficient (Wildman–Crippen LogP) is 3.19. The SMILES string of the molecule is CO[C@H]1[C@H](O)[C@@H](O[C@@H]2CC[C@]3(C)[C@@H](CC[C@]45O[C@]46CC=C(C4=CC(=O)OC4)[C@]6(C)CC[C@@H]35)C2)O[C@@H](C)[C@H]1O. The van der Waals surface area contributed by atoms with Crippen molar-refractivity contribution in [2.24, 2.45) is 22.7 Å². The topological polar surface area (TPSA) is 107 Å². The van der Waals surface area contributed by atoms with E-state index in [1.807, 2.05) is 0 Å². The van der Waals surface area contributed by atoms with E-state index in [2.05, 4.69) is 19.9 Å². The van der Waals surface area contributed by atoms with Gasteiger partial charge in [0.2, 0.25) is 0 Å². The summed E-state index contributed by atoms with van der Waals surface area (Å²) in [6, 6.07) is 0. The van der Waals surface area contributed by atoms with Crippen LogP contribution in [-0.4, -0.2) is 77.9 Å². The molecule has 0 unspecified atom stereocenters. The minimum absolute atomic E-state index is 0.0104. The van der Waals surface area contributed by atoms with Gasteiger partial charge in [-0.25, -0.2) is 4.79 Å². The number of esters is 1. The van der Waals surface area contributed by atoms with Gasteiger partial charge in [0.1, 0.15) is 36.1 Å². The highest BCUT2D eigenvalue weighted by molar-refractivity contribution is 5.87. The lowest BCUT2D eigenvalue weighted by Gasteiger charge is -2.58. The Morgan fingerprint density at radius 1 is 1.08 bits per heavy atom. The molecule has 0 aromatic rings. The number of rotatable bonds is 4. The molecule has 2 N–H and O–H groups in total. The first-order valence-corrected chi connectivity index (χ1v) is 14.6. The first-order chi connectivity index (χ1) is 18.1. The lowest BCUT2D eigenvalue weighted by Crippen LogP contribution is -2.60. The molecule has 12 atom stereocenters. The Kier molecular flexibility index (Phi) is 5.65. The van der Waals surface area contributed by atoms with Crippen LogP contribution >= 0.6 is 0 Å². The summed E-state index contributed by atoms with van der Waals surface area (Å²) in [4.78, 5) is 11.8. The number of hydrogen-bond donors (Lipinski definition) is 2. The summed E-state index contributed by atoms with van der Waals surface area (Å²) in [6.45, 7) is 7.02. The highest BCUT2D eigenvalue weighted by atomic mass is 16.7. The molecule has 5 fully saturated rings. The van der Waals surface area contributed by atoms with Gasteiger partial charge in [0, 0.05) is 24.2 Å². The van der Waals surface area contributed by atoms with Crippen LogP contribution in [0.15, 0.2) is 23.3 Å². The van der Waals surface area contributed by atoms with E-state index in [-0.39, 0.29) is 34.1 Å². The summed E-state index contributed by atoms with van der Waals surface area (Å²) < 4.78 is 29.9. The number of carbonyl (C=O) groups is 1. The number of hydrogen-bond acceptors (Lipinski definition) is 8. The first-order valence-electron chi connectivity index (χ1n) is 14.6. The van der Waals surface area contributed by atoms with Crippen molar-refractivity contribution in [3.63, 3.8) is 0 Å². The maximum atomic E-state index is 11.8. The molecule has 8 nitrogen and oxygen atoms in total. The van der Waals surface area contributed by atoms with Gasteiger partial charge in [-0.3, -0.25) is 0 Å². The van der Waals surface area contributed by atoms with E-state index in [1.165, 1.54) is 12.7 Å². The molecule has 8 heteroatoms. The maximum absolute atomic E-state index is 11.8. The van der Waals surface area contributed by atoms with Gasteiger partial charge >= 0.3 is 5.97 Å². The molecule has 3 saturated carbocycles. The molecular formula is C30H42O8. The standard InChI is InChI=1S/C30H42O8/c1-16-23(32)25(34-4)24(33)26(36-16)37-19-6-9-27(2)18(14-19)5-11-29-21(27)8-10-28(3)20(7-12-30(28,29)38-29)17-13-22(31)35-15-17/h7,13,16,18-19,21,23-26,32-33H,5-6,8-12,14-15H2,1-4H3/t16-,18-,19+,21-,23+,24-,25+,26+,27+,28-,29+,30-/m0/s1. The average Bonchev–Trinajstić information content (AvgIpc) is 3.20. The Bertz CT molecular complexity index is 1090. The molecule has 2 saturated heterocycles. The van der Waals surface area contributed by atoms with Gasteiger partial charge in [-0.2, -0.15) is 0 Å². The highest BCUT2D eigenvalue weighted by Crippen LogP contribution is 2.80. The summed E-state index contributed by atoms with van der Waals surface area (Å²) in [5.74, 6) is 0.810. The van der Waals surface area contributed by atoms with E-state index in [0.717, 1.165) is 56.9 Å². The molecule has 2 spiro atoms. The lowest BCUT2D eigenvalue weighted by molar-refractivity contribution is -0.312. The van der Waals surface area contributed by atoms with Crippen LogP contribution in [0.1, 0.15) is 72.1 Å². The van der Waals surface area contributed by atoms with Gasteiger partial charge in [0.25, 0.3) is 0 Å². The Hall–Kier alpha value is -1.29. The van der Waals surface area contributed by atoms with Crippen molar-refractivity contribution in [2.75, 3.05) is 13.7 Å². The third-order valence-corrected chi connectivity index (χ3v) is 12.1. The van der Waals surface area contributed by atoms with Crippen LogP contribution in [0.25, 0.3) is 0 Å². The molecule has 38 heavy (non-hydrogen) atoms. The normalized spacial score (nSPS) is 55.2. The van der Waals surface area contributed by atoms with Crippen LogP contribution in [0.2, 0.25) is 0 Å². The number of carbonyl (C=O) groups excluding carboxylic acids is 1. The van der Waals surface area contributed by atoms with E-state index in [9.17, 15) is 15.0 Å². The van der Waals surface area contributed by atoms with E-state index in [1.54, 1.807) is 13.0 Å². The van der Waals surface area contributed by atoms with Gasteiger partial charge in [-0.05, 0) is 81.1 Å². The molecule has 0 aromatic carbocycles. The molecule has 3 aliphatic heterocycles. The van der Waals surface area contributed by atoms with Crippen LogP contribution < -0.4 is 0 Å². The Balaban J connectivity index is 1.07. The van der Waals surface area contributed by atoms with Gasteiger partial charge < -0.3 is 33.9 Å². The van der Waals surface area contributed by atoms with Crippen LogP contribution in [0.4, 0.5) is 0 Å². The molecular weight excluding hydrogens is 488 g/mol. The second kappa shape index (κ2) is 8.37. The van der Waals surface area contributed by atoms with Crippen molar-refractivity contribution < 1.29 is 38.7 Å². The maximum Gasteiger partial charge on any atom is 0.331 e. The van der Waals surface area contributed by atoms with Crippen molar-refractivity contribution in [2.45, 2.75) is 120 Å². The molecule has 210 valence electrons. The molecule has 4 aliphatic carbocycles. The van der Waals surface area contributed by atoms with E-state index in [0.29, 0.717) is 18.4 Å². The molecule has 0 radical (unpaired) electrons. The molecule has 0 aromatic heterocycles. The Morgan fingerprint density at radius 2 is 1.89 bits per heavy atom. The molecule has 7 aliphatic rings. The van der Waals surface area contributed by atoms with Crippen LogP contribution in [-0.2, 0) is 28.5 Å². The highest BCUT2D eigenvalue weighted by Gasteiger charge is 2.85. The van der Waals surface area contributed by atoms with Gasteiger partial charge in [-0.15, -0.1) is 0 Å². The minimum Gasteiger partial charge on any atom is -0.458 e. The fourth-order valence-corrected chi connectivity index (χ4v) is 10.0. The third-order valence-electron chi connectivity index (χ3n) is 12.1. The molecule has 3 heterocycles. The predicted molar refractivity (Wildman–Crippen MR) is 136 cm³/mol. The fraction of sp³-hybridized carbons (Fsp3) is 0.833. The van der Waals surface area contributed by atoms with Gasteiger partial charge in [-0.1, -0.05) is 19.9 Å². The molecule has 0 bridgehead atoms. The zero-order chi connectivity index (χ0) is 26.7. The largest absolute Gasteiger partial charge is 0.458 e.